The summed E-state index contributed by atoms with van der Waals surface area (Å²) in [5.41, 5.74) is 1.84. The molecule has 0 fully saturated rings. The molecule has 0 radical (unpaired) electrons. The first-order valence-corrected chi connectivity index (χ1v) is 9.03. The first kappa shape index (κ1) is 19.8. The molecule has 140 valence electrons. The van der Waals surface area contributed by atoms with Gasteiger partial charge in [-0.1, -0.05) is 52.0 Å². The van der Waals surface area contributed by atoms with Crippen molar-refractivity contribution in [3.05, 3.63) is 54.3 Å². The van der Waals surface area contributed by atoms with Crippen LogP contribution in [0.5, 0.6) is 0 Å². The van der Waals surface area contributed by atoms with E-state index in [0.717, 1.165) is 18.8 Å². The molecule has 26 heavy (non-hydrogen) atoms. The van der Waals surface area contributed by atoms with E-state index >= 15 is 0 Å². The van der Waals surface area contributed by atoms with Crippen LogP contribution < -0.4 is 15.5 Å². The third-order valence-electron chi connectivity index (χ3n) is 3.79. The Labute approximate surface area is 155 Å². The molecule has 0 aliphatic rings. The van der Waals surface area contributed by atoms with Gasteiger partial charge in [-0.2, -0.15) is 0 Å². The van der Waals surface area contributed by atoms with E-state index in [1.807, 2.05) is 24.3 Å². The fraction of sp³-hybridized carbons (Fsp3) is 0.381. The van der Waals surface area contributed by atoms with Crippen LogP contribution in [0.3, 0.4) is 0 Å². The van der Waals surface area contributed by atoms with Crippen LogP contribution in [-0.4, -0.2) is 19.1 Å². The number of halogens is 1. The summed E-state index contributed by atoms with van der Waals surface area (Å²) in [6, 6.07) is 13.4. The van der Waals surface area contributed by atoms with Crippen molar-refractivity contribution in [3.63, 3.8) is 0 Å². The van der Waals surface area contributed by atoms with Crippen LogP contribution in [0, 0.1) is 17.7 Å². The highest BCUT2D eigenvalue weighted by Crippen LogP contribution is 2.27. The first-order valence-electron chi connectivity index (χ1n) is 9.03. The minimum Gasteiger partial charge on any atom is -0.369 e. The zero-order valence-electron chi connectivity index (χ0n) is 15.9. The number of carbonyl (C=O) groups is 1. The van der Waals surface area contributed by atoms with Crippen molar-refractivity contribution in [1.29, 1.82) is 0 Å². The van der Waals surface area contributed by atoms with Crippen molar-refractivity contribution < 1.29 is 9.18 Å². The summed E-state index contributed by atoms with van der Waals surface area (Å²) in [6.45, 7) is 10.5. The van der Waals surface area contributed by atoms with E-state index in [4.69, 9.17) is 0 Å². The van der Waals surface area contributed by atoms with Crippen LogP contribution in [0.2, 0.25) is 0 Å². The molecule has 0 heterocycles. The zero-order valence-corrected chi connectivity index (χ0v) is 15.9. The van der Waals surface area contributed by atoms with E-state index in [-0.39, 0.29) is 5.69 Å². The van der Waals surface area contributed by atoms with E-state index < -0.39 is 11.8 Å². The highest BCUT2D eigenvalue weighted by molar-refractivity contribution is 6.01. The minimum atomic E-state index is -0.461. The minimum absolute atomic E-state index is 0.156. The standard InChI is InChI=1S/C21H28FN3O/c1-15(2)13-25(14-16(3)4)20-12-8-7-11-19(20)24-21(26)23-18-10-6-5-9-17(18)22/h5-12,15-16H,13-14H2,1-4H3,(H2,23,24,26). The number of amides is 2. The monoisotopic (exact) mass is 357 g/mol. The number of nitrogens with zero attached hydrogens (tertiary/aromatic N) is 1. The lowest BCUT2D eigenvalue weighted by Gasteiger charge is -2.30. The first-order chi connectivity index (χ1) is 12.4. The summed E-state index contributed by atoms with van der Waals surface area (Å²) >= 11 is 0. The number of nitrogens with one attached hydrogen (secondary N) is 2. The molecular weight excluding hydrogens is 329 g/mol. The Bertz CT molecular complexity index is 721. The third kappa shape index (κ3) is 5.76. The molecule has 0 aliphatic carbocycles. The average molecular weight is 357 g/mol. The quantitative estimate of drug-likeness (QED) is 0.678. The topological polar surface area (TPSA) is 44.4 Å². The second kappa shape index (κ2) is 9.22. The number of anilines is 3. The molecule has 4 nitrogen and oxygen atoms in total. The van der Waals surface area contributed by atoms with Gasteiger partial charge in [-0.3, -0.25) is 0 Å². The van der Waals surface area contributed by atoms with E-state index in [1.165, 1.54) is 12.1 Å². The number of carbonyl (C=O) groups excluding carboxylic acids is 1. The van der Waals surface area contributed by atoms with E-state index in [0.29, 0.717) is 17.5 Å². The third-order valence-corrected chi connectivity index (χ3v) is 3.79. The van der Waals surface area contributed by atoms with Crippen LogP contribution in [0.1, 0.15) is 27.7 Å². The SMILES string of the molecule is CC(C)CN(CC(C)C)c1ccccc1NC(=O)Nc1ccccc1F. The van der Waals surface area contributed by atoms with Crippen molar-refractivity contribution in [2.24, 2.45) is 11.8 Å². The maximum Gasteiger partial charge on any atom is 0.323 e. The second-order valence-electron chi connectivity index (χ2n) is 7.27. The number of benzene rings is 2. The molecule has 0 atom stereocenters. The predicted octanol–water partition coefficient (Wildman–Crippen LogP) is 5.59. The van der Waals surface area contributed by atoms with E-state index in [2.05, 4.69) is 43.2 Å². The normalized spacial score (nSPS) is 10.9. The van der Waals surface area contributed by atoms with Gasteiger partial charge in [0.25, 0.3) is 0 Å². The molecule has 2 aromatic carbocycles. The van der Waals surface area contributed by atoms with Crippen molar-refractivity contribution in [2.45, 2.75) is 27.7 Å². The Kier molecular flexibility index (Phi) is 7.01. The molecule has 2 rings (SSSR count). The molecule has 0 unspecified atom stereocenters. The van der Waals surface area contributed by atoms with Gasteiger partial charge in [0.2, 0.25) is 0 Å². The highest BCUT2D eigenvalue weighted by atomic mass is 19.1. The Hall–Kier alpha value is -2.56. The summed E-state index contributed by atoms with van der Waals surface area (Å²) in [5.74, 6) is 0.528. The molecular formula is C21H28FN3O. The number of rotatable bonds is 7. The maximum absolute atomic E-state index is 13.7. The van der Waals surface area contributed by atoms with Crippen molar-refractivity contribution in [3.8, 4) is 0 Å². The molecule has 0 spiro atoms. The Balaban J connectivity index is 2.19. The Morgan fingerprint density at radius 1 is 0.885 bits per heavy atom. The molecule has 0 saturated carbocycles. The number of urea groups is 1. The van der Waals surface area contributed by atoms with Gasteiger partial charge in [-0.05, 0) is 36.1 Å². The Morgan fingerprint density at radius 3 is 1.96 bits per heavy atom. The lowest BCUT2D eigenvalue weighted by atomic mass is 10.1. The summed E-state index contributed by atoms with van der Waals surface area (Å²) in [5, 5.41) is 5.42. The zero-order chi connectivity index (χ0) is 19.1. The van der Waals surface area contributed by atoms with Crippen LogP contribution in [-0.2, 0) is 0 Å². The molecule has 0 saturated heterocycles. The van der Waals surface area contributed by atoms with Crippen molar-refractivity contribution in [2.75, 3.05) is 28.6 Å². The predicted molar refractivity (Wildman–Crippen MR) is 107 cm³/mol. The Morgan fingerprint density at radius 2 is 1.38 bits per heavy atom. The molecule has 0 aliphatic heterocycles. The molecule has 0 bridgehead atoms. The fourth-order valence-corrected chi connectivity index (χ4v) is 2.85. The van der Waals surface area contributed by atoms with Gasteiger partial charge >= 0.3 is 6.03 Å². The van der Waals surface area contributed by atoms with Crippen LogP contribution in [0.15, 0.2) is 48.5 Å². The summed E-state index contributed by atoms with van der Waals surface area (Å²) < 4.78 is 13.7. The molecule has 0 aromatic heterocycles. The van der Waals surface area contributed by atoms with E-state index in [1.54, 1.807) is 12.1 Å². The lowest BCUT2D eigenvalue weighted by molar-refractivity contribution is 0.262. The van der Waals surface area contributed by atoms with Gasteiger partial charge in [-0.25, -0.2) is 9.18 Å². The van der Waals surface area contributed by atoms with Crippen LogP contribution in [0.25, 0.3) is 0 Å². The van der Waals surface area contributed by atoms with Gasteiger partial charge < -0.3 is 15.5 Å². The summed E-state index contributed by atoms with van der Waals surface area (Å²) in [6.07, 6.45) is 0. The number of para-hydroxylation sites is 3. The average Bonchev–Trinajstić information content (AvgIpc) is 2.56. The molecule has 2 aromatic rings. The molecule has 5 heteroatoms. The molecule has 2 N–H and O–H groups in total. The van der Waals surface area contributed by atoms with Gasteiger partial charge in [0, 0.05) is 13.1 Å². The summed E-state index contributed by atoms with van der Waals surface area (Å²) in [7, 11) is 0. The van der Waals surface area contributed by atoms with Gasteiger partial charge in [-0.15, -0.1) is 0 Å². The summed E-state index contributed by atoms with van der Waals surface area (Å²) in [4.78, 5) is 14.6. The van der Waals surface area contributed by atoms with Gasteiger partial charge in [0.05, 0.1) is 17.1 Å². The van der Waals surface area contributed by atoms with E-state index in [9.17, 15) is 9.18 Å². The number of hydrogen-bond donors (Lipinski definition) is 2. The second-order valence-corrected chi connectivity index (χ2v) is 7.27. The van der Waals surface area contributed by atoms with Gasteiger partial charge in [0.1, 0.15) is 5.82 Å². The highest BCUT2D eigenvalue weighted by Gasteiger charge is 2.16. The number of hydrogen-bond acceptors (Lipinski definition) is 2. The van der Waals surface area contributed by atoms with Crippen molar-refractivity contribution in [1.82, 2.24) is 0 Å². The molecule has 2 amide bonds. The van der Waals surface area contributed by atoms with Crippen LogP contribution in [0.4, 0.5) is 26.2 Å². The fourth-order valence-electron chi connectivity index (χ4n) is 2.85. The largest absolute Gasteiger partial charge is 0.369 e. The van der Waals surface area contributed by atoms with Crippen LogP contribution >= 0.6 is 0 Å². The van der Waals surface area contributed by atoms with Crippen molar-refractivity contribution >= 4 is 23.1 Å². The lowest BCUT2D eigenvalue weighted by Crippen LogP contribution is -2.32. The maximum atomic E-state index is 13.7. The van der Waals surface area contributed by atoms with Gasteiger partial charge in [0.15, 0.2) is 0 Å². The smallest absolute Gasteiger partial charge is 0.323 e.